The Bertz CT molecular complexity index is 1520. The summed E-state index contributed by atoms with van der Waals surface area (Å²) in [6.45, 7) is 1.02. The molecule has 0 saturated heterocycles. The molecule has 0 saturated carbocycles. The third-order valence-corrected chi connectivity index (χ3v) is 6.16. The van der Waals surface area contributed by atoms with Crippen LogP contribution in [-0.2, 0) is 31.0 Å². The average Bonchev–Trinajstić information content (AvgIpc) is 3.34. The van der Waals surface area contributed by atoms with Crippen LogP contribution >= 0.6 is 0 Å². The molecule has 3 N–H and O–H groups in total. The van der Waals surface area contributed by atoms with Crippen LogP contribution in [0.15, 0.2) is 102 Å². The molecule has 0 aliphatic carbocycles. The van der Waals surface area contributed by atoms with Gasteiger partial charge in [0, 0.05) is 28.6 Å². The first-order chi connectivity index (χ1) is 18.1. The van der Waals surface area contributed by atoms with Crippen LogP contribution in [0.5, 0.6) is 11.5 Å². The number of hydrogen-bond donors (Lipinski definition) is 2. The molecule has 5 rings (SSSR count). The Morgan fingerprint density at radius 3 is 2.38 bits per heavy atom. The van der Waals surface area contributed by atoms with Gasteiger partial charge in [-0.3, -0.25) is 4.79 Å². The Kier molecular flexibility index (Phi) is 7.19. The molecule has 1 heterocycles. The van der Waals surface area contributed by atoms with Gasteiger partial charge in [0.15, 0.2) is 0 Å². The minimum absolute atomic E-state index is 0.106. The highest BCUT2D eigenvalue weighted by atomic mass is 16.5. The number of ether oxygens (including phenoxy) is 2. The first-order valence-corrected chi connectivity index (χ1v) is 12.0. The zero-order valence-electron chi connectivity index (χ0n) is 20.2. The minimum Gasteiger partial charge on any atom is -0.489 e. The average molecular weight is 494 g/mol. The van der Waals surface area contributed by atoms with E-state index in [0.29, 0.717) is 24.5 Å². The lowest BCUT2D eigenvalue weighted by atomic mass is 9.98. The highest BCUT2D eigenvalue weighted by Crippen LogP contribution is 2.33. The fraction of sp³-hybridized carbons (Fsp3) is 0.129. The number of hydrogen-bond acceptors (Lipinski definition) is 5. The molecule has 0 radical (unpaired) electrons. The first kappa shape index (κ1) is 24.2. The van der Waals surface area contributed by atoms with Gasteiger partial charge in [-0.2, -0.15) is 0 Å². The van der Waals surface area contributed by atoms with Gasteiger partial charge in [0.25, 0.3) is 0 Å². The van der Waals surface area contributed by atoms with Crippen LogP contribution < -0.4 is 15.2 Å². The van der Waals surface area contributed by atoms with E-state index in [4.69, 9.17) is 19.6 Å². The van der Waals surface area contributed by atoms with Crippen LogP contribution in [0.25, 0.3) is 22.1 Å². The molecule has 0 spiro atoms. The number of nitrogens with two attached hydrogens (primary N) is 1. The smallest absolute Gasteiger partial charge is 0.307 e. The molecular formula is C31H27NO5. The van der Waals surface area contributed by atoms with Crippen molar-refractivity contribution in [2.75, 3.05) is 0 Å². The van der Waals surface area contributed by atoms with Crippen molar-refractivity contribution in [1.82, 2.24) is 0 Å². The summed E-state index contributed by atoms with van der Waals surface area (Å²) in [5.74, 6) is 0.409. The summed E-state index contributed by atoms with van der Waals surface area (Å²) in [4.78, 5) is 11.3. The van der Waals surface area contributed by atoms with E-state index in [1.54, 1.807) is 24.5 Å². The molecule has 6 nitrogen and oxygen atoms in total. The number of para-hydroxylation sites is 2. The van der Waals surface area contributed by atoms with Crippen molar-refractivity contribution < 1.29 is 23.8 Å². The second-order valence-electron chi connectivity index (χ2n) is 8.75. The lowest BCUT2D eigenvalue weighted by molar-refractivity contribution is -0.136. The van der Waals surface area contributed by atoms with Crippen LogP contribution in [0.2, 0.25) is 0 Å². The number of fused-ring (bicyclic) bond motifs is 1. The molecule has 6 heteroatoms. The van der Waals surface area contributed by atoms with Crippen LogP contribution in [-0.4, -0.2) is 11.1 Å². The van der Waals surface area contributed by atoms with Crippen molar-refractivity contribution in [3.63, 3.8) is 0 Å². The monoisotopic (exact) mass is 493 g/mol. The van der Waals surface area contributed by atoms with Crippen molar-refractivity contribution in [2.24, 2.45) is 5.73 Å². The molecule has 0 amide bonds. The van der Waals surface area contributed by atoms with Gasteiger partial charge in [0.05, 0.1) is 12.7 Å². The van der Waals surface area contributed by atoms with Gasteiger partial charge in [-0.1, -0.05) is 54.6 Å². The van der Waals surface area contributed by atoms with Gasteiger partial charge in [0.2, 0.25) is 0 Å². The summed E-state index contributed by atoms with van der Waals surface area (Å²) in [5, 5.41) is 10.1. The van der Waals surface area contributed by atoms with Crippen molar-refractivity contribution in [3.8, 4) is 22.6 Å². The van der Waals surface area contributed by atoms with Crippen molar-refractivity contribution >= 4 is 16.9 Å². The number of carboxylic acids is 1. The number of rotatable bonds is 10. The molecular weight excluding hydrogens is 466 g/mol. The molecule has 5 aromatic rings. The maximum atomic E-state index is 11.3. The minimum atomic E-state index is -0.905. The predicted molar refractivity (Wildman–Crippen MR) is 142 cm³/mol. The molecule has 0 bridgehead atoms. The van der Waals surface area contributed by atoms with E-state index in [2.05, 4.69) is 24.3 Å². The fourth-order valence-corrected chi connectivity index (χ4v) is 4.31. The lowest BCUT2D eigenvalue weighted by Crippen LogP contribution is -2.04. The van der Waals surface area contributed by atoms with E-state index in [-0.39, 0.29) is 13.0 Å². The summed E-state index contributed by atoms with van der Waals surface area (Å²) in [7, 11) is 0. The van der Waals surface area contributed by atoms with Crippen molar-refractivity contribution in [2.45, 2.75) is 26.2 Å². The van der Waals surface area contributed by atoms with Crippen LogP contribution in [0, 0.1) is 0 Å². The Hall–Kier alpha value is -4.55. The summed E-state index contributed by atoms with van der Waals surface area (Å²) in [5.41, 5.74) is 12.1. The van der Waals surface area contributed by atoms with Crippen LogP contribution in [0.1, 0.15) is 22.3 Å². The first-order valence-electron chi connectivity index (χ1n) is 12.0. The quantitative estimate of drug-likeness (QED) is 0.236. The predicted octanol–water partition coefficient (Wildman–Crippen LogP) is 6.34. The van der Waals surface area contributed by atoms with Gasteiger partial charge in [-0.25, -0.2) is 0 Å². The van der Waals surface area contributed by atoms with Gasteiger partial charge in [0.1, 0.15) is 30.3 Å². The van der Waals surface area contributed by atoms with E-state index in [1.807, 2.05) is 48.5 Å². The second-order valence-corrected chi connectivity index (χ2v) is 8.75. The van der Waals surface area contributed by atoms with E-state index in [0.717, 1.165) is 44.5 Å². The zero-order valence-corrected chi connectivity index (χ0v) is 20.2. The largest absolute Gasteiger partial charge is 0.489 e. The molecule has 37 heavy (non-hydrogen) atoms. The number of furan rings is 1. The number of benzene rings is 4. The Morgan fingerprint density at radius 2 is 1.57 bits per heavy atom. The SMILES string of the molecule is NCc1cccc(-c2cc(COc3ccccc3)c3occ(COc4ccccc4CC(=O)O)c3c2)c1. The summed E-state index contributed by atoms with van der Waals surface area (Å²) >= 11 is 0. The summed E-state index contributed by atoms with van der Waals surface area (Å²) in [6, 6.07) is 29.1. The molecule has 1 aromatic heterocycles. The van der Waals surface area contributed by atoms with Crippen molar-refractivity contribution in [3.05, 3.63) is 120 Å². The highest BCUT2D eigenvalue weighted by molar-refractivity contribution is 5.89. The van der Waals surface area contributed by atoms with Gasteiger partial charge >= 0.3 is 5.97 Å². The third kappa shape index (κ3) is 5.66. The zero-order chi connectivity index (χ0) is 25.6. The standard InChI is InChI=1S/C31H27NO5/c32-17-21-7-6-9-22(13-21)24-14-25(18-35-27-10-2-1-3-11-27)31-28(15-24)26(20-37-31)19-36-29-12-5-4-8-23(29)16-30(33)34/h1-15,20H,16-19,32H2,(H,33,34). The maximum Gasteiger partial charge on any atom is 0.307 e. The molecule has 4 aromatic carbocycles. The van der Waals surface area contributed by atoms with Gasteiger partial charge in [-0.15, -0.1) is 0 Å². The topological polar surface area (TPSA) is 94.9 Å². The summed E-state index contributed by atoms with van der Waals surface area (Å²) < 4.78 is 18.1. The third-order valence-electron chi connectivity index (χ3n) is 6.16. The van der Waals surface area contributed by atoms with E-state index < -0.39 is 5.97 Å². The van der Waals surface area contributed by atoms with Crippen molar-refractivity contribution in [1.29, 1.82) is 0 Å². The van der Waals surface area contributed by atoms with Gasteiger partial charge < -0.3 is 24.7 Å². The van der Waals surface area contributed by atoms with Crippen LogP contribution in [0.4, 0.5) is 0 Å². The summed E-state index contributed by atoms with van der Waals surface area (Å²) in [6.07, 6.45) is 1.58. The molecule has 0 aliphatic heterocycles. The number of aliphatic carboxylic acids is 1. The molecule has 0 atom stereocenters. The molecule has 0 fully saturated rings. The van der Waals surface area contributed by atoms with E-state index in [9.17, 15) is 9.90 Å². The molecule has 0 aliphatic rings. The number of carbonyl (C=O) groups is 1. The normalized spacial score (nSPS) is 10.9. The highest BCUT2D eigenvalue weighted by Gasteiger charge is 2.16. The maximum absolute atomic E-state index is 11.3. The van der Waals surface area contributed by atoms with E-state index >= 15 is 0 Å². The number of carboxylic acid groups (broad SMARTS) is 1. The van der Waals surface area contributed by atoms with Gasteiger partial charge in [-0.05, 0) is 53.1 Å². The Labute approximate surface area is 214 Å². The van der Waals surface area contributed by atoms with E-state index in [1.165, 1.54) is 0 Å². The molecule has 186 valence electrons. The molecule has 0 unspecified atom stereocenters. The fourth-order valence-electron chi connectivity index (χ4n) is 4.31. The lowest BCUT2D eigenvalue weighted by Gasteiger charge is -2.12. The second kappa shape index (κ2) is 11.0. The van der Waals surface area contributed by atoms with Crippen LogP contribution in [0.3, 0.4) is 0 Å². The Morgan fingerprint density at radius 1 is 0.784 bits per heavy atom. The Balaban J connectivity index is 1.50.